The van der Waals surface area contributed by atoms with Gasteiger partial charge in [0.05, 0.1) is 5.54 Å². The maximum atomic E-state index is 13.3. The van der Waals surface area contributed by atoms with E-state index in [0.29, 0.717) is 0 Å². The molecule has 26 heavy (non-hydrogen) atoms. The van der Waals surface area contributed by atoms with E-state index in [1.165, 1.54) is 41.8 Å². The second kappa shape index (κ2) is 6.55. The average Bonchev–Trinajstić information content (AvgIpc) is 2.68. The Morgan fingerprint density at radius 3 is 2.38 bits per heavy atom. The summed E-state index contributed by atoms with van der Waals surface area (Å²) >= 11 is 0. The minimum absolute atomic E-state index is 0.240. The Morgan fingerprint density at radius 1 is 0.923 bits per heavy atom. The van der Waals surface area contributed by atoms with Crippen LogP contribution in [0.15, 0.2) is 42.5 Å². The SMILES string of the molecule is CN1c2ccccc2Cc2cc(C(=O)C(C)(C)N3CCCCC3)ccc21. The Morgan fingerprint density at radius 2 is 1.62 bits per heavy atom. The van der Waals surface area contributed by atoms with Crippen LogP contribution in [0.5, 0.6) is 0 Å². The minimum atomic E-state index is -0.437. The summed E-state index contributed by atoms with van der Waals surface area (Å²) in [5.41, 5.74) is 5.43. The van der Waals surface area contributed by atoms with Crippen molar-refractivity contribution in [1.29, 1.82) is 0 Å². The number of anilines is 2. The van der Waals surface area contributed by atoms with Crippen LogP contribution in [0.2, 0.25) is 0 Å². The first kappa shape index (κ1) is 17.3. The number of fused-ring (bicyclic) bond motifs is 2. The highest BCUT2D eigenvalue weighted by atomic mass is 16.1. The predicted octanol–water partition coefficient (Wildman–Crippen LogP) is 4.81. The largest absolute Gasteiger partial charge is 0.344 e. The molecule has 0 atom stereocenters. The molecule has 0 aliphatic carbocycles. The molecule has 0 spiro atoms. The van der Waals surface area contributed by atoms with Crippen LogP contribution in [-0.4, -0.2) is 36.4 Å². The molecule has 136 valence electrons. The molecule has 0 N–H and O–H groups in total. The fourth-order valence-electron chi connectivity index (χ4n) is 4.47. The standard InChI is InChI=1S/C23H28N2O/c1-23(2,25-13-7-4-8-14-25)22(26)18-11-12-21-19(16-18)15-17-9-5-6-10-20(17)24(21)3/h5-6,9-12,16H,4,7-8,13-15H2,1-3H3. The first-order chi connectivity index (χ1) is 12.5. The Balaban J connectivity index is 1.65. The van der Waals surface area contributed by atoms with E-state index < -0.39 is 5.54 Å². The number of Topliss-reactive ketones (excluding diaryl/α,β-unsaturated/α-hetero) is 1. The van der Waals surface area contributed by atoms with Gasteiger partial charge < -0.3 is 4.90 Å². The normalized spacial score (nSPS) is 17.6. The van der Waals surface area contributed by atoms with E-state index in [9.17, 15) is 4.79 Å². The third-order valence-electron chi connectivity index (χ3n) is 6.14. The summed E-state index contributed by atoms with van der Waals surface area (Å²) in [5, 5.41) is 0. The third kappa shape index (κ3) is 2.84. The number of rotatable bonds is 3. The first-order valence-electron chi connectivity index (χ1n) is 9.73. The van der Waals surface area contributed by atoms with Gasteiger partial charge in [-0.15, -0.1) is 0 Å². The topological polar surface area (TPSA) is 23.6 Å². The Hall–Kier alpha value is -2.13. The molecular weight excluding hydrogens is 320 g/mol. The van der Waals surface area contributed by atoms with Gasteiger partial charge in [0.25, 0.3) is 0 Å². The quantitative estimate of drug-likeness (QED) is 0.744. The fourth-order valence-corrected chi connectivity index (χ4v) is 4.47. The van der Waals surface area contributed by atoms with Gasteiger partial charge >= 0.3 is 0 Å². The average molecular weight is 348 g/mol. The molecule has 2 heterocycles. The lowest BCUT2D eigenvalue weighted by molar-refractivity contribution is 0.0579. The van der Waals surface area contributed by atoms with Crippen molar-refractivity contribution in [2.24, 2.45) is 0 Å². The second-order valence-corrected chi connectivity index (χ2v) is 8.14. The minimum Gasteiger partial charge on any atom is -0.344 e. The van der Waals surface area contributed by atoms with Crippen LogP contribution in [0.4, 0.5) is 11.4 Å². The number of benzene rings is 2. The smallest absolute Gasteiger partial charge is 0.182 e. The molecule has 0 amide bonds. The molecule has 3 heteroatoms. The number of nitrogens with zero attached hydrogens (tertiary/aromatic N) is 2. The number of carbonyl (C=O) groups excluding carboxylic acids is 1. The second-order valence-electron chi connectivity index (χ2n) is 8.14. The first-order valence-corrected chi connectivity index (χ1v) is 9.73. The zero-order valence-corrected chi connectivity index (χ0v) is 16.1. The molecule has 3 nitrogen and oxygen atoms in total. The highest BCUT2D eigenvalue weighted by Gasteiger charge is 2.36. The predicted molar refractivity (Wildman–Crippen MR) is 108 cm³/mol. The van der Waals surface area contributed by atoms with Crippen LogP contribution in [0.1, 0.15) is 54.6 Å². The number of carbonyl (C=O) groups is 1. The third-order valence-corrected chi connectivity index (χ3v) is 6.14. The lowest BCUT2D eigenvalue weighted by Gasteiger charge is -2.40. The molecular formula is C23H28N2O. The van der Waals surface area contributed by atoms with Crippen LogP contribution in [0, 0.1) is 0 Å². The van der Waals surface area contributed by atoms with Gasteiger partial charge in [-0.2, -0.15) is 0 Å². The molecule has 4 rings (SSSR count). The van der Waals surface area contributed by atoms with Crippen molar-refractivity contribution < 1.29 is 4.79 Å². The molecule has 2 aromatic carbocycles. The van der Waals surface area contributed by atoms with E-state index in [1.54, 1.807) is 0 Å². The summed E-state index contributed by atoms with van der Waals surface area (Å²) in [6.45, 7) is 6.22. The van der Waals surface area contributed by atoms with Crippen molar-refractivity contribution in [2.45, 2.75) is 45.1 Å². The lowest BCUT2D eigenvalue weighted by Crippen LogP contribution is -2.52. The number of ketones is 1. The summed E-state index contributed by atoms with van der Waals surface area (Å²) < 4.78 is 0. The van der Waals surface area contributed by atoms with E-state index in [-0.39, 0.29) is 5.78 Å². The van der Waals surface area contributed by atoms with Crippen molar-refractivity contribution in [3.05, 3.63) is 59.2 Å². The van der Waals surface area contributed by atoms with Gasteiger partial charge in [-0.3, -0.25) is 9.69 Å². The van der Waals surface area contributed by atoms with Gasteiger partial charge in [-0.1, -0.05) is 24.6 Å². The summed E-state index contributed by atoms with van der Waals surface area (Å²) in [6.07, 6.45) is 4.57. The lowest BCUT2D eigenvalue weighted by atomic mass is 9.87. The maximum Gasteiger partial charge on any atom is 0.182 e. The van der Waals surface area contributed by atoms with Crippen LogP contribution in [0.3, 0.4) is 0 Å². The molecule has 1 saturated heterocycles. The van der Waals surface area contributed by atoms with Gasteiger partial charge in [-0.05, 0) is 75.2 Å². The van der Waals surface area contributed by atoms with Gasteiger partial charge in [0.15, 0.2) is 5.78 Å². The number of para-hydroxylation sites is 1. The van der Waals surface area contributed by atoms with Crippen LogP contribution < -0.4 is 4.90 Å². The summed E-state index contributed by atoms with van der Waals surface area (Å²) in [6, 6.07) is 14.8. The molecule has 0 bridgehead atoms. The summed E-state index contributed by atoms with van der Waals surface area (Å²) in [7, 11) is 2.11. The number of hydrogen-bond acceptors (Lipinski definition) is 3. The highest BCUT2D eigenvalue weighted by molar-refractivity contribution is 6.03. The molecule has 0 saturated carbocycles. The Kier molecular flexibility index (Phi) is 4.36. The van der Waals surface area contributed by atoms with Crippen molar-refractivity contribution in [3.63, 3.8) is 0 Å². The molecule has 0 aromatic heterocycles. The Bertz CT molecular complexity index is 834. The summed E-state index contributed by atoms with van der Waals surface area (Å²) in [5.74, 6) is 0.240. The van der Waals surface area contributed by atoms with E-state index in [2.05, 4.69) is 67.1 Å². The molecule has 0 unspecified atom stereocenters. The molecule has 2 aliphatic heterocycles. The van der Waals surface area contributed by atoms with Crippen molar-refractivity contribution >= 4 is 17.2 Å². The zero-order chi connectivity index (χ0) is 18.3. The maximum absolute atomic E-state index is 13.3. The van der Waals surface area contributed by atoms with Gasteiger partial charge in [0.1, 0.15) is 0 Å². The van der Waals surface area contributed by atoms with Crippen molar-refractivity contribution in [2.75, 3.05) is 25.0 Å². The van der Waals surface area contributed by atoms with Gasteiger partial charge in [0, 0.05) is 30.4 Å². The van der Waals surface area contributed by atoms with E-state index >= 15 is 0 Å². The highest BCUT2D eigenvalue weighted by Crippen LogP contribution is 2.38. The molecule has 2 aliphatic rings. The summed E-state index contributed by atoms with van der Waals surface area (Å²) in [4.78, 5) is 17.9. The van der Waals surface area contributed by atoms with Crippen molar-refractivity contribution in [1.82, 2.24) is 4.90 Å². The number of hydrogen-bond donors (Lipinski definition) is 0. The van der Waals surface area contributed by atoms with Crippen LogP contribution in [0.25, 0.3) is 0 Å². The Labute approximate surface area is 156 Å². The van der Waals surface area contributed by atoms with Crippen molar-refractivity contribution in [3.8, 4) is 0 Å². The van der Waals surface area contributed by atoms with Gasteiger partial charge in [0.2, 0.25) is 0 Å². The zero-order valence-electron chi connectivity index (χ0n) is 16.1. The number of likely N-dealkylation sites (tertiary alicyclic amines) is 1. The van der Waals surface area contributed by atoms with Crippen LogP contribution >= 0.6 is 0 Å². The van der Waals surface area contributed by atoms with E-state index in [1.807, 2.05) is 6.07 Å². The van der Waals surface area contributed by atoms with Gasteiger partial charge in [-0.25, -0.2) is 0 Å². The van der Waals surface area contributed by atoms with E-state index in [4.69, 9.17) is 0 Å². The molecule has 1 fully saturated rings. The molecule has 0 radical (unpaired) electrons. The van der Waals surface area contributed by atoms with E-state index in [0.717, 1.165) is 25.1 Å². The monoisotopic (exact) mass is 348 g/mol. The number of piperidine rings is 1. The van der Waals surface area contributed by atoms with Crippen LogP contribution in [-0.2, 0) is 6.42 Å². The molecule has 2 aromatic rings. The fraction of sp³-hybridized carbons (Fsp3) is 0.435.